The van der Waals surface area contributed by atoms with Gasteiger partial charge in [-0.3, -0.25) is 19.5 Å². The van der Waals surface area contributed by atoms with E-state index in [1.807, 2.05) is 6.07 Å². The molecule has 2 heterocycles. The van der Waals surface area contributed by atoms with Gasteiger partial charge in [-0.2, -0.15) is 0 Å². The van der Waals surface area contributed by atoms with Gasteiger partial charge >= 0.3 is 0 Å². The third-order valence-electron chi connectivity index (χ3n) is 4.76. The van der Waals surface area contributed by atoms with Crippen LogP contribution in [0.1, 0.15) is 12.8 Å². The number of hydrogen-bond donors (Lipinski definition) is 2. The van der Waals surface area contributed by atoms with E-state index in [1.54, 1.807) is 24.5 Å². The van der Waals surface area contributed by atoms with Crippen LogP contribution in [-0.2, 0) is 9.59 Å². The van der Waals surface area contributed by atoms with Gasteiger partial charge in [-0.1, -0.05) is 18.2 Å². The summed E-state index contributed by atoms with van der Waals surface area (Å²) in [5.74, 6) is -0.345. The molecule has 0 bridgehead atoms. The zero-order chi connectivity index (χ0) is 19.6. The number of carbonyl (C=O) groups excluding carboxylic acids is 2. The minimum atomic E-state index is -0.251. The van der Waals surface area contributed by atoms with Crippen molar-refractivity contribution in [1.29, 1.82) is 0 Å². The number of piperazine rings is 1. The molecule has 28 heavy (non-hydrogen) atoms. The molecule has 0 spiro atoms. The molecule has 7 nitrogen and oxygen atoms in total. The number of carbonyl (C=O) groups is 2. The van der Waals surface area contributed by atoms with Gasteiger partial charge in [0, 0.05) is 44.5 Å². The average Bonchev–Trinajstić information content (AvgIpc) is 2.74. The van der Waals surface area contributed by atoms with Gasteiger partial charge in [-0.15, -0.1) is 0 Å². The molecule has 1 aliphatic rings. The molecule has 3 rings (SSSR count). The quantitative estimate of drug-likeness (QED) is 0.728. The summed E-state index contributed by atoms with van der Waals surface area (Å²) in [6.07, 6.45) is 4.43. The Morgan fingerprint density at radius 3 is 2.46 bits per heavy atom. The highest BCUT2D eigenvalue weighted by Crippen LogP contribution is 2.15. The van der Waals surface area contributed by atoms with E-state index < -0.39 is 0 Å². The van der Waals surface area contributed by atoms with Crippen LogP contribution >= 0.6 is 0 Å². The van der Waals surface area contributed by atoms with Gasteiger partial charge in [0.25, 0.3) is 0 Å². The Morgan fingerprint density at radius 2 is 1.75 bits per heavy atom. The molecule has 1 aliphatic heterocycles. The molecule has 2 aromatic rings. The van der Waals surface area contributed by atoms with E-state index >= 15 is 0 Å². The summed E-state index contributed by atoms with van der Waals surface area (Å²) < 4.78 is 0. The Morgan fingerprint density at radius 1 is 0.964 bits per heavy atom. The molecule has 0 saturated carbocycles. The van der Waals surface area contributed by atoms with Gasteiger partial charge < -0.3 is 15.5 Å². The Labute approximate surface area is 165 Å². The van der Waals surface area contributed by atoms with E-state index in [0.29, 0.717) is 12.1 Å². The van der Waals surface area contributed by atoms with Gasteiger partial charge in [0.05, 0.1) is 18.4 Å². The van der Waals surface area contributed by atoms with E-state index in [9.17, 15) is 9.59 Å². The van der Waals surface area contributed by atoms with Gasteiger partial charge in [0.1, 0.15) is 0 Å². The number of aromatic nitrogens is 1. The third-order valence-corrected chi connectivity index (χ3v) is 4.76. The predicted molar refractivity (Wildman–Crippen MR) is 110 cm³/mol. The fraction of sp³-hybridized carbons (Fsp3) is 0.381. The van der Waals surface area contributed by atoms with E-state index in [4.69, 9.17) is 0 Å². The minimum Gasteiger partial charge on any atom is -0.369 e. The first-order valence-electron chi connectivity index (χ1n) is 9.69. The fourth-order valence-corrected chi connectivity index (χ4v) is 3.24. The summed E-state index contributed by atoms with van der Waals surface area (Å²) >= 11 is 0. The number of amides is 2. The molecule has 1 saturated heterocycles. The molecule has 2 N–H and O–H groups in total. The summed E-state index contributed by atoms with van der Waals surface area (Å²) in [5, 5.41) is 5.36. The molecule has 148 valence electrons. The van der Waals surface area contributed by atoms with Crippen LogP contribution in [-0.4, -0.2) is 61.0 Å². The number of nitrogens with zero attached hydrogens (tertiary/aromatic N) is 3. The largest absolute Gasteiger partial charge is 0.369 e. The van der Waals surface area contributed by atoms with Gasteiger partial charge in [-0.25, -0.2) is 0 Å². The first-order chi connectivity index (χ1) is 13.7. The van der Waals surface area contributed by atoms with E-state index in [0.717, 1.165) is 39.1 Å². The van der Waals surface area contributed by atoms with Crippen LogP contribution < -0.4 is 15.5 Å². The van der Waals surface area contributed by atoms with Crippen LogP contribution in [0.15, 0.2) is 54.9 Å². The highest BCUT2D eigenvalue weighted by atomic mass is 16.2. The van der Waals surface area contributed by atoms with E-state index in [1.165, 1.54) is 5.69 Å². The molecule has 1 fully saturated rings. The Balaban J connectivity index is 1.27. The van der Waals surface area contributed by atoms with Crippen LogP contribution in [0.25, 0.3) is 0 Å². The van der Waals surface area contributed by atoms with Crippen LogP contribution in [0.2, 0.25) is 0 Å². The SMILES string of the molecule is O=C(CCCN1CCN(c2ccccc2)CC1)NCC(=O)Nc1cccnc1. The lowest BCUT2D eigenvalue weighted by Crippen LogP contribution is -2.46. The lowest BCUT2D eigenvalue weighted by atomic mass is 10.2. The van der Waals surface area contributed by atoms with Gasteiger partial charge in [-0.05, 0) is 37.2 Å². The highest BCUT2D eigenvalue weighted by molar-refractivity contribution is 5.94. The smallest absolute Gasteiger partial charge is 0.243 e. The Hall–Kier alpha value is -2.93. The lowest BCUT2D eigenvalue weighted by Gasteiger charge is -2.36. The number of anilines is 2. The van der Waals surface area contributed by atoms with Crippen LogP contribution in [0.4, 0.5) is 11.4 Å². The van der Waals surface area contributed by atoms with Gasteiger partial charge in [0.2, 0.25) is 11.8 Å². The van der Waals surface area contributed by atoms with Crippen molar-refractivity contribution in [3.63, 3.8) is 0 Å². The molecule has 2 amide bonds. The second-order valence-corrected chi connectivity index (χ2v) is 6.83. The van der Waals surface area contributed by atoms with E-state index in [2.05, 4.69) is 49.7 Å². The van der Waals surface area contributed by atoms with Crippen molar-refractivity contribution in [1.82, 2.24) is 15.2 Å². The summed E-state index contributed by atoms with van der Waals surface area (Å²) in [7, 11) is 0. The summed E-state index contributed by atoms with van der Waals surface area (Å²) in [5.41, 5.74) is 1.89. The number of benzene rings is 1. The van der Waals surface area contributed by atoms with Crippen molar-refractivity contribution in [2.45, 2.75) is 12.8 Å². The topological polar surface area (TPSA) is 77.6 Å². The number of hydrogen-bond acceptors (Lipinski definition) is 5. The van der Waals surface area contributed by atoms with Crippen molar-refractivity contribution < 1.29 is 9.59 Å². The standard InChI is InChI=1S/C21H27N5O2/c27-20(23-17-21(28)24-18-6-4-10-22-16-18)9-5-11-25-12-14-26(15-13-25)19-7-2-1-3-8-19/h1-4,6-8,10,16H,5,9,11-15,17H2,(H,23,27)(H,24,28). The number of para-hydroxylation sites is 1. The zero-order valence-corrected chi connectivity index (χ0v) is 16.0. The fourth-order valence-electron chi connectivity index (χ4n) is 3.24. The predicted octanol–water partition coefficient (Wildman–Crippen LogP) is 1.74. The third kappa shape index (κ3) is 6.35. The second-order valence-electron chi connectivity index (χ2n) is 6.83. The van der Waals surface area contributed by atoms with Crippen molar-refractivity contribution in [2.24, 2.45) is 0 Å². The van der Waals surface area contributed by atoms with Crippen LogP contribution in [0, 0.1) is 0 Å². The maximum Gasteiger partial charge on any atom is 0.243 e. The second kappa shape index (κ2) is 10.4. The molecule has 0 radical (unpaired) electrons. The number of pyridine rings is 1. The number of nitrogens with one attached hydrogen (secondary N) is 2. The van der Waals surface area contributed by atoms with E-state index in [-0.39, 0.29) is 18.4 Å². The molecule has 0 atom stereocenters. The van der Waals surface area contributed by atoms with Crippen molar-refractivity contribution in [3.8, 4) is 0 Å². The Kier molecular flexibility index (Phi) is 7.37. The zero-order valence-electron chi connectivity index (χ0n) is 16.0. The molecule has 0 aliphatic carbocycles. The summed E-state index contributed by atoms with van der Waals surface area (Å²) in [4.78, 5) is 32.5. The minimum absolute atomic E-state index is 0.0243. The molecule has 0 unspecified atom stereocenters. The maximum atomic E-state index is 11.9. The normalized spacial score (nSPS) is 14.5. The highest BCUT2D eigenvalue weighted by Gasteiger charge is 2.17. The summed E-state index contributed by atoms with van der Waals surface area (Å²) in [6, 6.07) is 14.0. The summed E-state index contributed by atoms with van der Waals surface area (Å²) in [6.45, 7) is 4.89. The van der Waals surface area contributed by atoms with Crippen LogP contribution in [0.3, 0.4) is 0 Å². The average molecular weight is 381 g/mol. The first kappa shape index (κ1) is 19.8. The Bertz CT molecular complexity index is 746. The van der Waals surface area contributed by atoms with Crippen molar-refractivity contribution >= 4 is 23.2 Å². The molecular formula is C21H27N5O2. The molecule has 1 aromatic carbocycles. The lowest BCUT2D eigenvalue weighted by molar-refractivity contribution is -0.124. The molecule has 1 aromatic heterocycles. The molecule has 7 heteroatoms. The van der Waals surface area contributed by atoms with Crippen molar-refractivity contribution in [2.75, 3.05) is 49.5 Å². The maximum absolute atomic E-state index is 11.9. The number of rotatable bonds is 8. The van der Waals surface area contributed by atoms with Crippen LogP contribution in [0.5, 0.6) is 0 Å². The molecular weight excluding hydrogens is 354 g/mol. The first-order valence-corrected chi connectivity index (χ1v) is 9.69. The monoisotopic (exact) mass is 381 g/mol. The van der Waals surface area contributed by atoms with Gasteiger partial charge in [0.15, 0.2) is 0 Å². The van der Waals surface area contributed by atoms with Crippen molar-refractivity contribution in [3.05, 3.63) is 54.9 Å².